The lowest BCUT2D eigenvalue weighted by Gasteiger charge is -2.03. The van der Waals surface area contributed by atoms with Gasteiger partial charge in [0.2, 0.25) is 0 Å². The van der Waals surface area contributed by atoms with Gasteiger partial charge in [-0.25, -0.2) is 0 Å². The molecule has 1 atom stereocenters. The first-order chi connectivity index (χ1) is 5.18. The Hall–Kier alpha value is -0.130. The minimum Gasteiger partial charge on any atom is -0.344 e. The fourth-order valence-corrected chi connectivity index (χ4v) is 1.35. The molecule has 68 valence electrons. The van der Waals surface area contributed by atoms with Crippen LogP contribution in [0.4, 0.5) is 0 Å². The largest absolute Gasteiger partial charge is 0.344 e. The lowest BCUT2D eigenvalue weighted by Crippen LogP contribution is -2.17. The smallest absolute Gasteiger partial charge is 0.0130 e. The lowest BCUT2D eigenvalue weighted by molar-refractivity contribution is 0.738. The maximum absolute atomic E-state index is 5.66. The Morgan fingerprint density at radius 1 is 1.33 bits per heavy atom. The third-order valence-electron chi connectivity index (χ3n) is 1.47. The van der Waals surface area contributed by atoms with E-state index in [0.717, 1.165) is 6.42 Å². The van der Waals surface area contributed by atoms with Crippen molar-refractivity contribution in [2.24, 2.45) is 5.73 Å². The van der Waals surface area contributed by atoms with Crippen LogP contribution in [0.2, 0.25) is 0 Å². The van der Waals surface area contributed by atoms with Gasteiger partial charge in [-0.3, -0.25) is 0 Å². The molecule has 0 saturated carbocycles. The topological polar surface area (TPSA) is 61.0 Å². The van der Waals surface area contributed by atoms with Gasteiger partial charge in [-0.2, -0.15) is 0 Å². The summed E-state index contributed by atoms with van der Waals surface area (Å²) in [6, 6.07) is 8.74. The van der Waals surface area contributed by atoms with Crippen LogP contribution in [0.15, 0.2) is 24.3 Å². The van der Waals surface area contributed by atoms with Crippen molar-refractivity contribution >= 4 is 22.6 Å². The highest BCUT2D eigenvalue weighted by Gasteiger charge is 1.96. The molecule has 3 heteroatoms. The van der Waals surface area contributed by atoms with E-state index < -0.39 is 0 Å². The van der Waals surface area contributed by atoms with Crippen LogP contribution in [0.3, 0.4) is 0 Å². The van der Waals surface area contributed by atoms with E-state index in [1.54, 1.807) is 0 Å². The van der Waals surface area contributed by atoms with Gasteiger partial charge < -0.3 is 11.9 Å². The number of hydrogen-bond donors (Lipinski definition) is 2. The summed E-state index contributed by atoms with van der Waals surface area (Å²) in [6.45, 7) is 2.03. The summed E-state index contributed by atoms with van der Waals surface area (Å²) in [7, 11) is 0. The highest BCUT2D eigenvalue weighted by atomic mass is 127. The van der Waals surface area contributed by atoms with Gasteiger partial charge in [0.05, 0.1) is 0 Å². The molecule has 2 nitrogen and oxygen atoms in total. The molecule has 12 heavy (non-hydrogen) atoms. The van der Waals surface area contributed by atoms with E-state index in [4.69, 9.17) is 5.73 Å². The zero-order valence-electron chi connectivity index (χ0n) is 7.26. The van der Waals surface area contributed by atoms with Crippen molar-refractivity contribution in [2.75, 3.05) is 0 Å². The van der Waals surface area contributed by atoms with E-state index in [9.17, 15) is 0 Å². The molecule has 0 aromatic heterocycles. The van der Waals surface area contributed by atoms with Crippen molar-refractivity contribution in [3.8, 4) is 0 Å². The van der Waals surface area contributed by atoms with Crippen LogP contribution < -0.4 is 11.9 Å². The van der Waals surface area contributed by atoms with E-state index in [0.29, 0.717) is 0 Å². The Bertz CT molecular complexity index is 218. The van der Waals surface area contributed by atoms with E-state index in [-0.39, 0.29) is 12.2 Å². The molecule has 0 aliphatic carbocycles. The molecule has 1 aromatic carbocycles. The van der Waals surface area contributed by atoms with Crippen molar-refractivity contribution in [2.45, 2.75) is 19.4 Å². The molecule has 0 bridgehead atoms. The van der Waals surface area contributed by atoms with Gasteiger partial charge in [0.1, 0.15) is 0 Å². The third-order valence-corrected chi connectivity index (χ3v) is 2.19. The Labute approximate surface area is 87.3 Å². The molecule has 0 fully saturated rings. The van der Waals surface area contributed by atoms with E-state index in [1.165, 1.54) is 9.13 Å². The summed E-state index contributed by atoms with van der Waals surface area (Å²) in [6.07, 6.45) is 0.969. The van der Waals surface area contributed by atoms with Crippen molar-refractivity contribution < 1.29 is 0 Å². The first-order valence-corrected chi connectivity index (χ1v) is 4.76. The standard InChI is InChI=1S/C9H12IN.H3N/c1-7(11)6-8-2-4-9(10)5-3-8;/h2-5,7H,6,11H2,1H3;1H3. The highest BCUT2D eigenvalue weighted by Crippen LogP contribution is 2.07. The van der Waals surface area contributed by atoms with Crippen LogP contribution in [-0.4, -0.2) is 6.04 Å². The van der Waals surface area contributed by atoms with Crippen LogP contribution in [0, 0.1) is 3.57 Å². The molecule has 1 aromatic rings. The molecule has 0 aliphatic rings. The summed E-state index contributed by atoms with van der Waals surface area (Å²) >= 11 is 2.30. The molecular weight excluding hydrogens is 263 g/mol. The molecule has 1 rings (SSSR count). The van der Waals surface area contributed by atoms with Crippen LogP contribution in [0.5, 0.6) is 0 Å². The second-order valence-electron chi connectivity index (χ2n) is 2.81. The van der Waals surface area contributed by atoms with E-state index >= 15 is 0 Å². The number of nitrogens with two attached hydrogens (primary N) is 1. The third kappa shape index (κ3) is 4.04. The van der Waals surface area contributed by atoms with Gasteiger partial charge in [-0.1, -0.05) is 12.1 Å². The molecule has 1 unspecified atom stereocenters. The van der Waals surface area contributed by atoms with E-state index in [2.05, 4.69) is 46.9 Å². The zero-order chi connectivity index (χ0) is 8.27. The summed E-state index contributed by atoms with van der Waals surface area (Å²) in [5.41, 5.74) is 6.98. The minimum absolute atomic E-state index is 0. The molecular formula is C9H15IN2. The van der Waals surface area contributed by atoms with Gasteiger partial charge in [0.15, 0.2) is 0 Å². The first-order valence-electron chi connectivity index (χ1n) is 3.68. The number of benzene rings is 1. The fraction of sp³-hybridized carbons (Fsp3) is 0.333. The Morgan fingerprint density at radius 2 is 1.83 bits per heavy atom. The van der Waals surface area contributed by atoms with Crippen molar-refractivity contribution in [3.05, 3.63) is 33.4 Å². The molecule has 0 aliphatic heterocycles. The number of halogens is 1. The lowest BCUT2D eigenvalue weighted by atomic mass is 10.1. The molecule has 0 amide bonds. The average molecular weight is 278 g/mol. The van der Waals surface area contributed by atoms with Crippen LogP contribution in [0.1, 0.15) is 12.5 Å². The molecule has 0 heterocycles. The Morgan fingerprint density at radius 3 is 2.25 bits per heavy atom. The summed E-state index contributed by atoms with van der Waals surface area (Å²) in [4.78, 5) is 0. The zero-order valence-corrected chi connectivity index (χ0v) is 9.41. The average Bonchev–Trinajstić information content (AvgIpc) is 1.93. The molecule has 5 N–H and O–H groups in total. The SMILES string of the molecule is CC(N)Cc1ccc(I)cc1.N. The number of hydrogen-bond acceptors (Lipinski definition) is 2. The Balaban J connectivity index is 0.00000121. The Kier molecular flexibility index (Phi) is 5.44. The summed E-state index contributed by atoms with van der Waals surface area (Å²) in [5.74, 6) is 0. The molecule has 0 spiro atoms. The van der Waals surface area contributed by atoms with Gasteiger partial charge in [0.25, 0.3) is 0 Å². The summed E-state index contributed by atoms with van der Waals surface area (Å²) < 4.78 is 1.27. The van der Waals surface area contributed by atoms with Crippen molar-refractivity contribution in [3.63, 3.8) is 0 Å². The van der Waals surface area contributed by atoms with Gasteiger partial charge in [0, 0.05) is 9.61 Å². The maximum Gasteiger partial charge on any atom is 0.0130 e. The highest BCUT2D eigenvalue weighted by molar-refractivity contribution is 14.1. The van der Waals surface area contributed by atoms with Gasteiger partial charge >= 0.3 is 0 Å². The quantitative estimate of drug-likeness (QED) is 0.816. The predicted molar refractivity (Wildman–Crippen MR) is 61.5 cm³/mol. The molecule has 0 radical (unpaired) electrons. The van der Waals surface area contributed by atoms with E-state index in [1.807, 2.05) is 6.92 Å². The summed E-state index contributed by atoms with van der Waals surface area (Å²) in [5, 5.41) is 0. The molecule has 0 saturated heterocycles. The van der Waals surface area contributed by atoms with Crippen LogP contribution >= 0.6 is 22.6 Å². The fourth-order valence-electron chi connectivity index (χ4n) is 0.992. The monoisotopic (exact) mass is 278 g/mol. The second-order valence-corrected chi connectivity index (χ2v) is 4.05. The predicted octanol–water partition coefficient (Wildman–Crippen LogP) is 2.34. The normalized spacial score (nSPS) is 11.9. The van der Waals surface area contributed by atoms with Crippen LogP contribution in [-0.2, 0) is 6.42 Å². The van der Waals surface area contributed by atoms with Crippen molar-refractivity contribution in [1.82, 2.24) is 6.15 Å². The minimum atomic E-state index is 0. The van der Waals surface area contributed by atoms with Crippen molar-refractivity contribution in [1.29, 1.82) is 0 Å². The first kappa shape index (κ1) is 11.9. The van der Waals surface area contributed by atoms with Crippen LogP contribution in [0.25, 0.3) is 0 Å². The van der Waals surface area contributed by atoms with Gasteiger partial charge in [-0.05, 0) is 53.6 Å². The van der Waals surface area contributed by atoms with Gasteiger partial charge in [-0.15, -0.1) is 0 Å². The maximum atomic E-state index is 5.66. The number of rotatable bonds is 2. The second kappa shape index (κ2) is 5.50.